The van der Waals surface area contributed by atoms with Gasteiger partial charge in [0.25, 0.3) is 0 Å². The number of benzene rings is 1. The highest BCUT2D eigenvalue weighted by atomic mass is 19.4. The zero-order valence-electron chi connectivity index (χ0n) is 12.7. The number of rotatable bonds is 1. The summed E-state index contributed by atoms with van der Waals surface area (Å²) in [4.78, 5) is 2.01. The molecule has 1 aromatic carbocycles. The maximum Gasteiger partial charge on any atom is 0.419 e. The molecule has 0 radical (unpaired) electrons. The van der Waals surface area contributed by atoms with Crippen molar-refractivity contribution in [3.8, 4) is 6.07 Å². The van der Waals surface area contributed by atoms with Crippen LogP contribution in [-0.2, 0) is 6.18 Å². The molecule has 0 aromatic heterocycles. The lowest BCUT2D eigenvalue weighted by molar-refractivity contribution is -0.140. The summed E-state index contributed by atoms with van der Waals surface area (Å²) in [5.74, 6) is -2.32. The highest BCUT2D eigenvalue weighted by Crippen LogP contribution is 2.40. The van der Waals surface area contributed by atoms with Gasteiger partial charge in [-0.3, -0.25) is 4.90 Å². The average molecular weight is 314 g/mol. The summed E-state index contributed by atoms with van der Waals surface area (Å²) >= 11 is 0. The van der Waals surface area contributed by atoms with Gasteiger partial charge in [-0.25, -0.2) is 4.39 Å². The van der Waals surface area contributed by atoms with Gasteiger partial charge in [0.05, 0.1) is 17.6 Å². The molecule has 2 atom stereocenters. The lowest BCUT2D eigenvalue weighted by Crippen LogP contribution is -2.39. The monoisotopic (exact) mass is 314 g/mol. The van der Waals surface area contributed by atoms with E-state index in [0.29, 0.717) is 13.1 Å². The van der Waals surface area contributed by atoms with Gasteiger partial charge in [0.2, 0.25) is 0 Å². The first-order chi connectivity index (χ1) is 10.1. The van der Waals surface area contributed by atoms with Crippen LogP contribution in [0.15, 0.2) is 18.2 Å². The summed E-state index contributed by atoms with van der Waals surface area (Å²) in [6, 6.07) is 5.40. The third-order valence-electron chi connectivity index (χ3n) is 4.17. The lowest BCUT2D eigenvalue weighted by Gasteiger charge is -2.31. The summed E-state index contributed by atoms with van der Waals surface area (Å²) in [7, 11) is 0. The van der Waals surface area contributed by atoms with Crippen molar-refractivity contribution >= 4 is 0 Å². The van der Waals surface area contributed by atoms with Gasteiger partial charge in [0.15, 0.2) is 0 Å². The third-order valence-corrected chi connectivity index (χ3v) is 4.17. The van der Waals surface area contributed by atoms with Crippen LogP contribution in [-0.4, -0.2) is 23.5 Å². The predicted molar refractivity (Wildman–Crippen MR) is 74.6 cm³/mol. The van der Waals surface area contributed by atoms with E-state index in [1.54, 1.807) is 0 Å². The zero-order valence-corrected chi connectivity index (χ0v) is 12.7. The number of alkyl halides is 3. The van der Waals surface area contributed by atoms with E-state index in [2.05, 4.69) is 6.07 Å². The first-order valence-corrected chi connectivity index (χ1v) is 7.06. The molecule has 0 unspecified atom stereocenters. The Morgan fingerprint density at radius 2 is 1.82 bits per heavy atom. The molecule has 0 saturated carbocycles. The predicted octanol–water partition coefficient (Wildman–Crippen LogP) is 4.18. The Balaban J connectivity index is 2.42. The summed E-state index contributed by atoms with van der Waals surface area (Å²) in [6.07, 6.45) is -4.73. The quantitative estimate of drug-likeness (QED) is 0.727. The van der Waals surface area contributed by atoms with Crippen LogP contribution in [0.1, 0.15) is 37.8 Å². The fourth-order valence-electron chi connectivity index (χ4n) is 2.85. The largest absolute Gasteiger partial charge is 0.419 e. The summed E-state index contributed by atoms with van der Waals surface area (Å²) < 4.78 is 52.8. The molecule has 2 rings (SSSR count). The second-order valence-corrected chi connectivity index (χ2v) is 6.62. The molecule has 0 spiro atoms. The zero-order chi connectivity index (χ0) is 16.7. The molecule has 1 heterocycles. The molecule has 1 fully saturated rings. The Labute approximate surface area is 127 Å². The Kier molecular flexibility index (Phi) is 4.22. The van der Waals surface area contributed by atoms with Crippen LogP contribution in [0.5, 0.6) is 0 Å². The van der Waals surface area contributed by atoms with Crippen LogP contribution in [0, 0.1) is 23.1 Å². The maximum atomic E-state index is 14.3. The molecule has 0 bridgehead atoms. The molecule has 0 N–H and O–H groups in total. The lowest BCUT2D eigenvalue weighted by atomic mass is 9.88. The van der Waals surface area contributed by atoms with Crippen LogP contribution >= 0.6 is 0 Å². The fourth-order valence-corrected chi connectivity index (χ4v) is 2.85. The number of likely N-dealkylation sites (tertiary alicyclic amines) is 1. The van der Waals surface area contributed by atoms with Crippen molar-refractivity contribution in [1.29, 1.82) is 5.26 Å². The Hall–Kier alpha value is -1.61. The Morgan fingerprint density at radius 1 is 1.18 bits per heavy atom. The van der Waals surface area contributed by atoms with Gasteiger partial charge in [-0.1, -0.05) is 12.1 Å². The number of hydrogen-bond donors (Lipinski definition) is 0. The highest BCUT2D eigenvalue weighted by molar-refractivity contribution is 5.33. The first-order valence-electron chi connectivity index (χ1n) is 7.06. The van der Waals surface area contributed by atoms with Gasteiger partial charge in [-0.2, -0.15) is 18.4 Å². The Morgan fingerprint density at radius 3 is 2.32 bits per heavy atom. The smallest absolute Gasteiger partial charge is 0.297 e. The van der Waals surface area contributed by atoms with Crippen LogP contribution in [0.4, 0.5) is 17.6 Å². The standard InChI is InChI=1S/C16H18F4N2/c1-15(2,3)22-8-10(7-21)12(9-22)11-5-4-6-13(14(11)17)16(18,19)20/h4-6,10,12H,8-9H2,1-3H3/t10-,12-/m1/s1. The van der Waals surface area contributed by atoms with Crippen molar-refractivity contribution < 1.29 is 17.6 Å². The number of nitriles is 1. The van der Waals surface area contributed by atoms with Crippen molar-refractivity contribution in [2.45, 2.75) is 38.4 Å². The van der Waals surface area contributed by atoms with E-state index in [4.69, 9.17) is 0 Å². The molecule has 1 aromatic rings. The van der Waals surface area contributed by atoms with E-state index in [-0.39, 0.29) is 11.1 Å². The van der Waals surface area contributed by atoms with E-state index in [1.165, 1.54) is 12.1 Å². The van der Waals surface area contributed by atoms with Crippen LogP contribution in [0.2, 0.25) is 0 Å². The molecule has 2 nitrogen and oxygen atoms in total. The van der Waals surface area contributed by atoms with E-state index in [0.717, 1.165) is 6.07 Å². The van der Waals surface area contributed by atoms with Gasteiger partial charge in [-0.15, -0.1) is 0 Å². The van der Waals surface area contributed by atoms with Crippen molar-refractivity contribution in [3.05, 3.63) is 35.1 Å². The summed E-state index contributed by atoms with van der Waals surface area (Å²) in [5, 5.41) is 9.28. The van der Waals surface area contributed by atoms with Crippen molar-refractivity contribution in [2.75, 3.05) is 13.1 Å². The van der Waals surface area contributed by atoms with Crippen LogP contribution in [0.25, 0.3) is 0 Å². The summed E-state index contributed by atoms with van der Waals surface area (Å²) in [5.41, 5.74) is -1.51. The van der Waals surface area contributed by atoms with Crippen molar-refractivity contribution in [3.63, 3.8) is 0 Å². The molecule has 1 aliphatic rings. The molecule has 0 aliphatic carbocycles. The normalized spacial score (nSPS) is 23.5. The molecule has 1 aliphatic heterocycles. The first kappa shape index (κ1) is 16.8. The number of nitrogens with zero attached hydrogens (tertiary/aromatic N) is 2. The van der Waals surface area contributed by atoms with Gasteiger partial charge in [0, 0.05) is 24.5 Å². The molecule has 120 valence electrons. The van der Waals surface area contributed by atoms with Crippen molar-refractivity contribution in [1.82, 2.24) is 4.90 Å². The molecular weight excluding hydrogens is 296 g/mol. The average Bonchev–Trinajstić information content (AvgIpc) is 2.81. The Bertz CT molecular complexity index is 596. The minimum Gasteiger partial charge on any atom is -0.297 e. The number of hydrogen-bond acceptors (Lipinski definition) is 2. The van der Waals surface area contributed by atoms with Crippen molar-refractivity contribution in [2.24, 2.45) is 5.92 Å². The fraction of sp³-hybridized carbons (Fsp3) is 0.562. The minimum atomic E-state index is -4.73. The summed E-state index contributed by atoms with van der Waals surface area (Å²) in [6.45, 7) is 6.70. The van der Waals surface area contributed by atoms with Gasteiger partial charge < -0.3 is 0 Å². The highest BCUT2D eigenvalue weighted by Gasteiger charge is 2.42. The van der Waals surface area contributed by atoms with Gasteiger partial charge in [0.1, 0.15) is 5.82 Å². The van der Waals surface area contributed by atoms with E-state index in [1.807, 2.05) is 25.7 Å². The third kappa shape index (κ3) is 3.09. The molecule has 22 heavy (non-hydrogen) atoms. The van der Waals surface area contributed by atoms with Crippen LogP contribution < -0.4 is 0 Å². The van der Waals surface area contributed by atoms with Gasteiger partial charge >= 0.3 is 6.18 Å². The van der Waals surface area contributed by atoms with E-state index in [9.17, 15) is 22.8 Å². The molecular formula is C16H18F4N2. The second kappa shape index (κ2) is 5.54. The van der Waals surface area contributed by atoms with Gasteiger partial charge in [-0.05, 0) is 32.4 Å². The maximum absolute atomic E-state index is 14.3. The van der Waals surface area contributed by atoms with E-state index < -0.39 is 29.4 Å². The number of halogens is 4. The SMILES string of the molecule is CC(C)(C)N1C[C@@H](C#N)[C@H](c2cccc(C(F)(F)F)c2F)C1. The van der Waals surface area contributed by atoms with Crippen LogP contribution in [0.3, 0.4) is 0 Å². The molecule has 6 heteroatoms. The second-order valence-electron chi connectivity index (χ2n) is 6.62. The topological polar surface area (TPSA) is 27.0 Å². The molecule has 0 amide bonds. The molecule has 1 saturated heterocycles. The van der Waals surface area contributed by atoms with E-state index >= 15 is 0 Å². The minimum absolute atomic E-state index is 0.0203.